The number of nitrogens with one attached hydrogen (secondary N) is 1. The van der Waals surface area contributed by atoms with Gasteiger partial charge in [-0.2, -0.15) is 0 Å². The normalized spacial score (nSPS) is 25.2. The van der Waals surface area contributed by atoms with Gasteiger partial charge in [0.1, 0.15) is 0 Å². The number of nitrogens with zero attached hydrogens (tertiary/aromatic N) is 1. The summed E-state index contributed by atoms with van der Waals surface area (Å²) < 4.78 is 1.23. The zero-order valence-electron chi connectivity index (χ0n) is 13.8. The van der Waals surface area contributed by atoms with Gasteiger partial charge in [-0.3, -0.25) is 4.90 Å². The fourth-order valence-electron chi connectivity index (χ4n) is 3.20. The van der Waals surface area contributed by atoms with Crippen molar-refractivity contribution < 1.29 is 0 Å². The summed E-state index contributed by atoms with van der Waals surface area (Å²) in [5.74, 6) is 1.41. The van der Waals surface area contributed by atoms with Gasteiger partial charge in [-0.25, -0.2) is 0 Å². The van der Waals surface area contributed by atoms with Gasteiger partial charge in [0.25, 0.3) is 0 Å². The highest BCUT2D eigenvalue weighted by molar-refractivity contribution is 9.10. The van der Waals surface area contributed by atoms with E-state index >= 15 is 0 Å². The van der Waals surface area contributed by atoms with Crippen molar-refractivity contribution >= 4 is 15.9 Å². The lowest BCUT2D eigenvalue weighted by Crippen LogP contribution is -2.59. The maximum absolute atomic E-state index is 3.78. The maximum atomic E-state index is 3.78. The van der Waals surface area contributed by atoms with Crippen molar-refractivity contribution in [2.45, 2.75) is 52.7 Å². The Bertz CT molecular complexity index is 447. The molecule has 0 aromatic heterocycles. The third-order valence-corrected chi connectivity index (χ3v) is 5.69. The number of hydrogen-bond acceptors (Lipinski definition) is 2. The first-order chi connectivity index (χ1) is 10.0. The fourth-order valence-corrected chi connectivity index (χ4v) is 3.61. The second kappa shape index (κ2) is 7.75. The lowest BCUT2D eigenvalue weighted by molar-refractivity contribution is 0.0751. The molecule has 0 saturated carbocycles. The van der Waals surface area contributed by atoms with E-state index in [4.69, 9.17) is 0 Å². The minimum atomic E-state index is 0.618. The topological polar surface area (TPSA) is 15.3 Å². The summed E-state index contributed by atoms with van der Waals surface area (Å²) in [5.41, 5.74) is 1.40. The molecular weight excluding hydrogens is 324 g/mol. The van der Waals surface area contributed by atoms with Crippen molar-refractivity contribution in [3.63, 3.8) is 0 Å². The molecule has 2 rings (SSSR count). The van der Waals surface area contributed by atoms with Crippen LogP contribution in [0.1, 0.15) is 39.7 Å². The van der Waals surface area contributed by atoms with Crippen LogP contribution in [-0.4, -0.2) is 30.1 Å². The molecule has 3 unspecified atom stereocenters. The Morgan fingerprint density at radius 3 is 2.62 bits per heavy atom. The van der Waals surface area contributed by atoms with E-state index in [1.54, 1.807) is 0 Å². The SMILES string of the molecule is CCC(C)C1CN(Cc2ccccc2Br)C(C(C)C)CN1. The van der Waals surface area contributed by atoms with E-state index in [2.05, 4.69) is 78.1 Å². The summed E-state index contributed by atoms with van der Waals surface area (Å²) in [5, 5.41) is 3.78. The molecule has 2 nitrogen and oxygen atoms in total. The van der Waals surface area contributed by atoms with E-state index in [9.17, 15) is 0 Å². The number of hydrogen-bond donors (Lipinski definition) is 1. The van der Waals surface area contributed by atoms with Crippen LogP contribution < -0.4 is 5.32 Å². The van der Waals surface area contributed by atoms with Crippen LogP contribution in [-0.2, 0) is 6.54 Å². The van der Waals surface area contributed by atoms with Crippen molar-refractivity contribution in [1.29, 1.82) is 0 Å². The molecule has 0 amide bonds. The first kappa shape index (κ1) is 17.0. The lowest BCUT2D eigenvalue weighted by Gasteiger charge is -2.44. The quantitative estimate of drug-likeness (QED) is 0.849. The van der Waals surface area contributed by atoms with E-state index in [1.165, 1.54) is 16.5 Å². The molecule has 1 aromatic rings. The van der Waals surface area contributed by atoms with Crippen LogP contribution in [0.2, 0.25) is 0 Å². The van der Waals surface area contributed by atoms with Crippen molar-refractivity contribution in [2.75, 3.05) is 13.1 Å². The Hall–Kier alpha value is -0.380. The monoisotopic (exact) mass is 352 g/mol. The van der Waals surface area contributed by atoms with E-state index < -0.39 is 0 Å². The summed E-state index contributed by atoms with van der Waals surface area (Å²) in [6.45, 7) is 12.6. The summed E-state index contributed by atoms with van der Waals surface area (Å²) in [4.78, 5) is 2.68. The van der Waals surface area contributed by atoms with Crippen LogP contribution in [0.5, 0.6) is 0 Å². The molecule has 0 bridgehead atoms. The van der Waals surface area contributed by atoms with Crippen LogP contribution in [0.25, 0.3) is 0 Å². The molecule has 3 heteroatoms. The third kappa shape index (κ3) is 4.30. The molecule has 0 radical (unpaired) electrons. The number of piperazine rings is 1. The molecule has 21 heavy (non-hydrogen) atoms. The van der Waals surface area contributed by atoms with E-state index in [0.29, 0.717) is 18.0 Å². The average molecular weight is 353 g/mol. The zero-order chi connectivity index (χ0) is 15.4. The Balaban J connectivity index is 2.12. The Morgan fingerprint density at radius 1 is 1.29 bits per heavy atom. The highest BCUT2D eigenvalue weighted by Gasteiger charge is 2.31. The predicted octanol–water partition coefficient (Wildman–Crippen LogP) is 4.29. The van der Waals surface area contributed by atoms with Crippen molar-refractivity contribution in [2.24, 2.45) is 11.8 Å². The molecule has 1 aliphatic rings. The Labute approximate surface area is 138 Å². The molecular formula is C18H29BrN2. The fraction of sp³-hybridized carbons (Fsp3) is 0.667. The molecule has 1 aromatic carbocycles. The number of rotatable bonds is 5. The summed E-state index contributed by atoms with van der Waals surface area (Å²) in [7, 11) is 0. The van der Waals surface area contributed by atoms with Gasteiger partial charge >= 0.3 is 0 Å². The van der Waals surface area contributed by atoms with Crippen LogP contribution >= 0.6 is 15.9 Å². The van der Waals surface area contributed by atoms with E-state index in [-0.39, 0.29) is 0 Å². The van der Waals surface area contributed by atoms with Crippen LogP contribution in [0.15, 0.2) is 28.7 Å². The lowest BCUT2D eigenvalue weighted by atomic mass is 9.91. The minimum absolute atomic E-state index is 0.618. The van der Waals surface area contributed by atoms with Gasteiger partial charge in [-0.1, -0.05) is 68.2 Å². The number of benzene rings is 1. The molecule has 0 aliphatic carbocycles. The highest BCUT2D eigenvalue weighted by Crippen LogP contribution is 2.24. The first-order valence-electron chi connectivity index (χ1n) is 8.23. The summed E-state index contributed by atoms with van der Waals surface area (Å²) in [6, 6.07) is 9.85. The smallest absolute Gasteiger partial charge is 0.0249 e. The van der Waals surface area contributed by atoms with E-state index in [0.717, 1.165) is 25.6 Å². The molecule has 1 fully saturated rings. The molecule has 118 valence electrons. The van der Waals surface area contributed by atoms with Gasteiger partial charge in [0.15, 0.2) is 0 Å². The van der Waals surface area contributed by atoms with Gasteiger partial charge in [-0.05, 0) is 23.5 Å². The first-order valence-corrected chi connectivity index (χ1v) is 9.03. The molecule has 3 atom stereocenters. The largest absolute Gasteiger partial charge is 0.311 e. The minimum Gasteiger partial charge on any atom is -0.311 e. The summed E-state index contributed by atoms with van der Waals surface area (Å²) >= 11 is 3.70. The van der Waals surface area contributed by atoms with Gasteiger partial charge in [0.05, 0.1) is 0 Å². The third-order valence-electron chi connectivity index (χ3n) is 4.92. The van der Waals surface area contributed by atoms with Crippen LogP contribution in [0, 0.1) is 11.8 Å². The van der Waals surface area contributed by atoms with Crippen molar-refractivity contribution in [1.82, 2.24) is 10.2 Å². The standard InChI is InChI=1S/C18H29BrN2/c1-5-14(4)17-12-21(18(10-20-17)13(2)3)11-15-8-6-7-9-16(15)19/h6-9,13-14,17-18,20H,5,10-12H2,1-4H3. The molecule has 1 heterocycles. The second-order valence-electron chi connectivity index (χ2n) is 6.73. The van der Waals surface area contributed by atoms with E-state index in [1.807, 2.05) is 0 Å². The second-order valence-corrected chi connectivity index (χ2v) is 7.59. The molecule has 1 N–H and O–H groups in total. The molecule has 1 saturated heterocycles. The Kier molecular flexibility index (Phi) is 6.27. The Morgan fingerprint density at radius 2 is 2.00 bits per heavy atom. The number of halogens is 1. The maximum Gasteiger partial charge on any atom is 0.0249 e. The molecule has 1 aliphatic heterocycles. The van der Waals surface area contributed by atoms with Crippen molar-refractivity contribution in [3.8, 4) is 0 Å². The molecule has 0 spiro atoms. The van der Waals surface area contributed by atoms with Gasteiger partial charge < -0.3 is 5.32 Å². The van der Waals surface area contributed by atoms with Gasteiger partial charge in [-0.15, -0.1) is 0 Å². The highest BCUT2D eigenvalue weighted by atomic mass is 79.9. The van der Waals surface area contributed by atoms with Crippen LogP contribution in [0.4, 0.5) is 0 Å². The van der Waals surface area contributed by atoms with Gasteiger partial charge in [0, 0.05) is 36.2 Å². The summed E-state index contributed by atoms with van der Waals surface area (Å²) in [6.07, 6.45) is 1.24. The van der Waals surface area contributed by atoms with Gasteiger partial charge in [0.2, 0.25) is 0 Å². The average Bonchev–Trinajstić information content (AvgIpc) is 2.48. The zero-order valence-corrected chi connectivity index (χ0v) is 15.4. The van der Waals surface area contributed by atoms with Crippen molar-refractivity contribution in [3.05, 3.63) is 34.3 Å². The van der Waals surface area contributed by atoms with Crippen LogP contribution in [0.3, 0.4) is 0 Å². The predicted molar refractivity (Wildman–Crippen MR) is 94.4 cm³/mol.